The van der Waals surface area contributed by atoms with Crippen molar-refractivity contribution in [1.82, 2.24) is 19.5 Å². The normalized spacial score (nSPS) is 18.2. The van der Waals surface area contributed by atoms with Crippen LogP contribution in [-0.2, 0) is 4.79 Å². The molecule has 0 radical (unpaired) electrons. The number of hydrogen-bond donors (Lipinski definition) is 2. The van der Waals surface area contributed by atoms with E-state index in [9.17, 15) is 9.59 Å². The molecule has 0 bridgehead atoms. The van der Waals surface area contributed by atoms with E-state index in [1.165, 1.54) is 6.20 Å². The summed E-state index contributed by atoms with van der Waals surface area (Å²) in [5, 5.41) is 16.6. The Kier molecular flexibility index (Phi) is 5.29. The van der Waals surface area contributed by atoms with Gasteiger partial charge in [-0.1, -0.05) is 6.92 Å². The van der Waals surface area contributed by atoms with Crippen molar-refractivity contribution in [3.8, 4) is 17.2 Å². The molecule has 1 aliphatic heterocycles. The van der Waals surface area contributed by atoms with Crippen molar-refractivity contribution in [1.29, 1.82) is 5.26 Å². The lowest BCUT2D eigenvalue weighted by atomic mass is 10.0. The van der Waals surface area contributed by atoms with Gasteiger partial charge in [0.15, 0.2) is 0 Å². The van der Waals surface area contributed by atoms with Crippen LogP contribution in [-0.4, -0.2) is 50.4 Å². The molecule has 1 saturated heterocycles. The predicted molar refractivity (Wildman–Crippen MR) is 115 cm³/mol. The highest BCUT2D eigenvalue weighted by Gasteiger charge is 2.33. The summed E-state index contributed by atoms with van der Waals surface area (Å²) in [6, 6.07) is 7.67. The van der Waals surface area contributed by atoms with E-state index in [0.29, 0.717) is 18.8 Å². The number of pyridine rings is 1. The quantitative estimate of drug-likeness (QED) is 0.653. The van der Waals surface area contributed by atoms with Gasteiger partial charge in [0.25, 0.3) is 5.91 Å². The number of rotatable bonds is 5. The third kappa shape index (κ3) is 3.92. The van der Waals surface area contributed by atoms with Crippen LogP contribution in [0.5, 0.6) is 0 Å². The Morgan fingerprint density at radius 1 is 1.32 bits per heavy atom. The minimum atomic E-state index is -0.580. The van der Waals surface area contributed by atoms with E-state index >= 15 is 0 Å². The summed E-state index contributed by atoms with van der Waals surface area (Å²) in [6.45, 7) is 4.96. The molecule has 3 N–H and O–H groups in total. The van der Waals surface area contributed by atoms with Crippen molar-refractivity contribution in [2.24, 2.45) is 11.7 Å². The van der Waals surface area contributed by atoms with Crippen LogP contribution < -0.4 is 11.1 Å². The first-order valence-electron chi connectivity index (χ1n) is 10.0. The third-order valence-corrected chi connectivity index (χ3v) is 5.66. The van der Waals surface area contributed by atoms with E-state index in [1.54, 1.807) is 15.6 Å². The van der Waals surface area contributed by atoms with Gasteiger partial charge in [-0.3, -0.25) is 14.6 Å². The number of anilines is 1. The van der Waals surface area contributed by atoms with Crippen LogP contribution in [0.2, 0.25) is 0 Å². The number of fused-ring (bicyclic) bond motifs is 1. The Balaban J connectivity index is 1.72. The van der Waals surface area contributed by atoms with Gasteiger partial charge in [-0.25, -0.2) is 4.52 Å². The SMILES string of the molecule is Cc1cc(-c2cc3c(N[C@@H]4CN(C(=O)CC#N)C[C@@H]4C)c(C(N)=O)cnn3c2)ccn1. The summed E-state index contributed by atoms with van der Waals surface area (Å²) in [6.07, 6.45) is 4.96. The van der Waals surface area contributed by atoms with Crippen LogP contribution in [0.4, 0.5) is 5.69 Å². The van der Waals surface area contributed by atoms with Gasteiger partial charge < -0.3 is 16.0 Å². The summed E-state index contributed by atoms with van der Waals surface area (Å²) in [5.74, 6) is -0.636. The molecule has 3 aromatic rings. The first-order chi connectivity index (χ1) is 14.9. The lowest BCUT2D eigenvalue weighted by molar-refractivity contribution is -0.129. The molecule has 9 nitrogen and oxygen atoms in total. The van der Waals surface area contributed by atoms with Crippen molar-refractivity contribution in [2.75, 3.05) is 18.4 Å². The summed E-state index contributed by atoms with van der Waals surface area (Å²) >= 11 is 0. The zero-order valence-corrected chi connectivity index (χ0v) is 17.4. The second kappa shape index (κ2) is 8.07. The number of nitrogens with zero attached hydrogens (tertiary/aromatic N) is 5. The Morgan fingerprint density at radius 2 is 2.13 bits per heavy atom. The number of primary amides is 1. The average molecular weight is 417 g/mol. The fourth-order valence-electron chi connectivity index (χ4n) is 4.00. The first kappa shape index (κ1) is 20.3. The van der Waals surface area contributed by atoms with Gasteiger partial charge in [0.2, 0.25) is 5.91 Å². The van der Waals surface area contributed by atoms with Gasteiger partial charge in [0.05, 0.1) is 29.0 Å². The summed E-state index contributed by atoms with van der Waals surface area (Å²) in [7, 11) is 0. The fourth-order valence-corrected chi connectivity index (χ4v) is 4.00. The number of likely N-dealkylation sites (tertiary alicyclic amines) is 1. The number of aryl methyl sites for hydroxylation is 1. The summed E-state index contributed by atoms with van der Waals surface area (Å²) in [4.78, 5) is 30.2. The predicted octanol–water partition coefficient (Wildman–Crippen LogP) is 1.98. The highest BCUT2D eigenvalue weighted by atomic mass is 16.2. The number of nitrogens with two attached hydrogens (primary N) is 1. The molecule has 3 aromatic heterocycles. The topological polar surface area (TPSA) is 129 Å². The molecule has 0 unspecified atom stereocenters. The van der Waals surface area contributed by atoms with Gasteiger partial charge in [0, 0.05) is 42.8 Å². The molecular weight excluding hydrogens is 394 g/mol. The molecule has 0 aromatic carbocycles. The van der Waals surface area contributed by atoms with Gasteiger partial charge in [-0.15, -0.1) is 0 Å². The Morgan fingerprint density at radius 3 is 2.84 bits per heavy atom. The number of hydrogen-bond acceptors (Lipinski definition) is 6. The molecule has 1 aliphatic rings. The Bertz CT molecular complexity index is 1210. The first-order valence-corrected chi connectivity index (χ1v) is 10.0. The molecule has 2 amide bonds. The second-order valence-corrected chi connectivity index (χ2v) is 7.90. The van der Waals surface area contributed by atoms with Crippen LogP contribution in [0.1, 0.15) is 29.4 Å². The zero-order valence-electron chi connectivity index (χ0n) is 17.4. The molecule has 2 atom stereocenters. The highest BCUT2D eigenvalue weighted by Crippen LogP contribution is 2.31. The maximum absolute atomic E-state index is 12.1. The van der Waals surface area contributed by atoms with E-state index in [2.05, 4.69) is 15.4 Å². The van der Waals surface area contributed by atoms with Crippen molar-refractivity contribution in [3.63, 3.8) is 0 Å². The van der Waals surface area contributed by atoms with Crippen LogP contribution in [0.3, 0.4) is 0 Å². The van der Waals surface area contributed by atoms with Crippen molar-refractivity contribution in [3.05, 3.63) is 48.0 Å². The molecule has 4 rings (SSSR count). The second-order valence-electron chi connectivity index (χ2n) is 7.90. The summed E-state index contributed by atoms with van der Waals surface area (Å²) < 4.78 is 1.71. The number of nitriles is 1. The lowest BCUT2D eigenvalue weighted by Gasteiger charge is -2.20. The molecule has 31 heavy (non-hydrogen) atoms. The lowest BCUT2D eigenvalue weighted by Crippen LogP contribution is -2.32. The molecule has 158 valence electrons. The Labute approximate surface area is 179 Å². The van der Waals surface area contributed by atoms with Crippen LogP contribution in [0, 0.1) is 24.2 Å². The Hall–Kier alpha value is -3.93. The van der Waals surface area contributed by atoms with E-state index in [4.69, 9.17) is 11.0 Å². The van der Waals surface area contributed by atoms with E-state index in [0.717, 1.165) is 22.3 Å². The monoisotopic (exact) mass is 417 g/mol. The van der Waals surface area contributed by atoms with Crippen LogP contribution >= 0.6 is 0 Å². The molecule has 9 heteroatoms. The maximum atomic E-state index is 12.1. The smallest absolute Gasteiger partial charge is 0.252 e. The van der Waals surface area contributed by atoms with Gasteiger partial charge >= 0.3 is 0 Å². The number of nitrogens with one attached hydrogen (secondary N) is 1. The van der Waals surface area contributed by atoms with E-state index in [-0.39, 0.29) is 29.9 Å². The minimum absolute atomic E-state index is 0.0894. The zero-order chi connectivity index (χ0) is 22.1. The minimum Gasteiger partial charge on any atom is -0.378 e. The van der Waals surface area contributed by atoms with Crippen molar-refractivity contribution in [2.45, 2.75) is 26.3 Å². The molecule has 0 spiro atoms. The number of aromatic nitrogens is 3. The van der Waals surface area contributed by atoms with Crippen LogP contribution in [0.15, 0.2) is 36.8 Å². The molecule has 1 fully saturated rings. The van der Waals surface area contributed by atoms with Gasteiger partial charge in [0.1, 0.15) is 6.42 Å². The number of carbonyl (C=O) groups is 2. The average Bonchev–Trinajstić information content (AvgIpc) is 3.32. The van der Waals surface area contributed by atoms with E-state index in [1.807, 2.05) is 44.3 Å². The molecular formula is C22H23N7O2. The number of carbonyl (C=O) groups excluding carboxylic acids is 2. The van der Waals surface area contributed by atoms with Gasteiger partial charge in [-0.2, -0.15) is 10.4 Å². The third-order valence-electron chi connectivity index (χ3n) is 5.66. The molecule has 4 heterocycles. The maximum Gasteiger partial charge on any atom is 0.252 e. The van der Waals surface area contributed by atoms with Crippen molar-refractivity contribution >= 4 is 23.0 Å². The van der Waals surface area contributed by atoms with Crippen molar-refractivity contribution < 1.29 is 9.59 Å². The van der Waals surface area contributed by atoms with Crippen LogP contribution in [0.25, 0.3) is 16.6 Å². The standard InChI is InChI=1S/C22H23N7O2/c1-13-10-28(20(30)3-5-23)12-18(13)27-21-17(22(24)31)9-26-29-11-16(8-19(21)29)15-4-6-25-14(2)7-15/h4,6-9,11,13,18,27H,3,10,12H2,1-2H3,(H2,24,31)/t13-,18+/m0/s1. The molecule has 0 aliphatic carbocycles. The van der Waals surface area contributed by atoms with E-state index < -0.39 is 5.91 Å². The molecule has 0 saturated carbocycles. The highest BCUT2D eigenvalue weighted by molar-refractivity contribution is 6.02. The fraction of sp³-hybridized carbons (Fsp3) is 0.318. The summed E-state index contributed by atoms with van der Waals surface area (Å²) in [5.41, 5.74) is 10.1. The van der Waals surface area contributed by atoms with Gasteiger partial charge in [-0.05, 0) is 36.6 Å². The largest absolute Gasteiger partial charge is 0.378 e. The number of amides is 2.